The quantitative estimate of drug-likeness (QED) is 0.373. The molecule has 0 radical (unpaired) electrons. The van der Waals surface area contributed by atoms with Crippen LogP contribution in [0.2, 0.25) is 5.02 Å². The summed E-state index contributed by atoms with van der Waals surface area (Å²) < 4.78 is 3.24. The Kier molecular flexibility index (Phi) is 6.10. The molecule has 35 heavy (non-hydrogen) atoms. The molecule has 0 aliphatic carbocycles. The van der Waals surface area contributed by atoms with E-state index in [1.165, 1.54) is 10.8 Å². The molecule has 3 aromatic heterocycles. The molecule has 1 N–H and O–H groups in total. The lowest BCUT2D eigenvalue weighted by Gasteiger charge is -2.21. The maximum Gasteiger partial charge on any atom is 0.270 e. The van der Waals surface area contributed by atoms with Gasteiger partial charge in [-0.1, -0.05) is 23.7 Å². The number of hydrogen-bond acceptors (Lipinski definition) is 7. The van der Waals surface area contributed by atoms with Crippen LogP contribution in [0.25, 0.3) is 22.5 Å². The van der Waals surface area contributed by atoms with Gasteiger partial charge < -0.3 is 15.1 Å². The lowest BCUT2D eigenvalue weighted by Crippen LogP contribution is -2.28. The van der Waals surface area contributed by atoms with Gasteiger partial charge in [0.25, 0.3) is 5.56 Å². The number of para-hydroxylation sites is 1. The second-order valence-corrected chi connectivity index (χ2v) is 8.92. The van der Waals surface area contributed by atoms with Crippen LogP contribution in [-0.2, 0) is 0 Å². The Morgan fingerprint density at radius 1 is 1.00 bits per heavy atom. The zero-order valence-electron chi connectivity index (χ0n) is 19.7. The standard InChI is InChI=1S/C25H25ClN8O/c1-31(2)14-15-32(3)18-10-8-17(9-11-18)29-24-28-16-19-22(30-24)33-13-12-27-25(33)34(23(19)35)21-7-5-4-6-20(21)26/h4-13,16H,14-15H2,1-3H3,(H,28,29,30). The minimum Gasteiger partial charge on any atom is -0.373 e. The van der Waals surface area contributed by atoms with Crippen molar-refractivity contribution in [3.05, 3.63) is 82.5 Å². The summed E-state index contributed by atoms with van der Waals surface area (Å²) in [5.74, 6) is 0.807. The van der Waals surface area contributed by atoms with Crippen LogP contribution in [-0.4, -0.2) is 63.1 Å². The zero-order chi connectivity index (χ0) is 24.5. The summed E-state index contributed by atoms with van der Waals surface area (Å²) in [5, 5.41) is 4.04. The molecular weight excluding hydrogens is 464 g/mol. The lowest BCUT2D eigenvalue weighted by atomic mass is 10.2. The van der Waals surface area contributed by atoms with Crippen LogP contribution in [0.4, 0.5) is 17.3 Å². The van der Waals surface area contributed by atoms with Crippen LogP contribution in [0, 0.1) is 0 Å². The van der Waals surface area contributed by atoms with Crippen LogP contribution in [0.3, 0.4) is 0 Å². The lowest BCUT2D eigenvalue weighted by molar-refractivity contribution is 0.416. The van der Waals surface area contributed by atoms with E-state index in [9.17, 15) is 4.79 Å². The smallest absolute Gasteiger partial charge is 0.270 e. The minimum atomic E-state index is -0.288. The molecule has 178 valence electrons. The first-order valence-electron chi connectivity index (χ1n) is 11.1. The summed E-state index contributed by atoms with van der Waals surface area (Å²) in [6, 6.07) is 15.2. The van der Waals surface area contributed by atoms with Gasteiger partial charge in [-0.25, -0.2) is 14.5 Å². The van der Waals surface area contributed by atoms with Crippen LogP contribution in [0.5, 0.6) is 0 Å². The number of likely N-dealkylation sites (N-methyl/N-ethyl adjacent to an activating group) is 2. The number of imidazole rings is 1. The Balaban J connectivity index is 1.49. The number of benzene rings is 2. The highest BCUT2D eigenvalue weighted by atomic mass is 35.5. The first-order valence-corrected chi connectivity index (χ1v) is 11.5. The third-order valence-corrected chi connectivity index (χ3v) is 6.11. The van der Waals surface area contributed by atoms with Crippen molar-refractivity contribution in [1.82, 2.24) is 28.8 Å². The van der Waals surface area contributed by atoms with Crippen LogP contribution in [0.1, 0.15) is 0 Å². The van der Waals surface area contributed by atoms with E-state index in [0.29, 0.717) is 33.5 Å². The van der Waals surface area contributed by atoms with Gasteiger partial charge >= 0.3 is 0 Å². The van der Waals surface area contributed by atoms with Crippen molar-refractivity contribution < 1.29 is 0 Å². The normalized spacial score (nSPS) is 11.5. The molecule has 0 unspecified atom stereocenters. The van der Waals surface area contributed by atoms with Crippen LogP contribution >= 0.6 is 11.6 Å². The Hall–Kier alpha value is -3.95. The van der Waals surface area contributed by atoms with E-state index in [2.05, 4.69) is 63.3 Å². The number of anilines is 3. The highest BCUT2D eigenvalue weighted by Crippen LogP contribution is 2.23. The predicted octanol–water partition coefficient (Wildman–Crippen LogP) is 3.82. The summed E-state index contributed by atoms with van der Waals surface area (Å²) in [4.78, 5) is 31.2. The Morgan fingerprint density at radius 2 is 1.77 bits per heavy atom. The van der Waals surface area contributed by atoms with Crippen molar-refractivity contribution >= 4 is 45.7 Å². The molecule has 0 aliphatic heterocycles. The predicted molar refractivity (Wildman–Crippen MR) is 140 cm³/mol. The molecule has 2 aromatic carbocycles. The molecule has 10 heteroatoms. The third-order valence-electron chi connectivity index (χ3n) is 5.79. The number of rotatable bonds is 7. The van der Waals surface area contributed by atoms with E-state index >= 15 is 0 Å². The molecule has 0 fully saturated rings. The second-order valence-electron chi connectivity index (χ2n) is 8.52. The first-order chi connectivity index (χ1) is 16.9. The number of hydrogen-bond donors (Lipinski definition) is 1. The van der Waals surface area contributed by atoms with Crippen LogP contribution in [0.15, 0.2) is 71.9 Å². The van der Waals surface area contributed by atoms with E-state index in [-0.39, 0.29) is 5.56 Å². The molecular formula is C25H25ClN8O. The van der Waals surface area contributed by atoms with Crippen LogP contribution < -0.4 is 15.8 Å². The van der Waals surface area contributed by atoms with Gasteiger partial charge in [-0.3, -0.25) is 9.20 Å². The van der Waals surface area contributed by atoms with Gasteiger partial charge in [-0.15, -0.1) is 0 Å². The Labute approximate surface area is 207 Å². The van der Waals surface area contributed by atoms with Crippen molar-refractivity contribution in [3.63, 3.8) is 0 Å². The maximum atomic E-state index is 13.4. The number of aromatic nitrogens is 5. The number of nitrogens with one attached hydrogen (secondary N) is 1. The second kappa shape index (κ2) is 9.36. The fourth-order valence-corrected chi connectivity index (χ4v) is 4.08. The molecule has 0 bridgehead atoms. The van der Waals surface area contributed by atoms with E-state index in [1.54, 1.807) is 28.9 Å². The van der Waals surface area contributed by atoms with Gasteiger partial charge in [0.1, 0.15) is 5.39 Å². The van der Waals surface area contributed by atoms with Gasteiger partial charge in [0, 0.05) is 50.1 Å². The summed E-state index contributed by atoms with van der Waals surface area (Å²) in [6.07, 6.45) is 4.92. The van der Waals surface area contributed by atoms with Gasteiger partial charge in [0.05, 0.1) is 10.7 Å². The Morgan fingerprint density at radius 3 is 2.51 bits per heavy atom. The maximum absolute atomic E-state index is 13.4. The van der Waals surface area contributed by atoms with Crippen molar-refractivity contribution in [2.45, 2.75) is 0 Å². The molecule has 0 saturated carbocycles. The van der Waals surface area contributed by atoms with Crippen molar-refractivity contribution in [1.29, 1.82) is 0 Å². The molecule has 0 saturated heterocycles. The third kappa shape index (κ3) is 4.43. The first kappa shape index (κ1) is 22.8. The number of nitrogens with zero attached hydrogens (tertiary/aromatic N) is 7. The summed E-state index contributed by atoms with van der Waals surface area (Å²) in [7, 11) is 6.20. The van der Waals surface area contributed by atoms with E-state index in [4.69, 9.17) is 11.6 Å². The molecule has 5 aromatic rings. The number of halogens is 1. The molecule has 9 nitrogen and oxygen atoms in total. The van der Waals surface area contributed by atoms with E-state index in [1.807, 2.05) is 24.3 Å². The molecule has 0 atom stereocenters. The fourth-order valence-electron chi connectivity index (χ4n) is 3.86. The van der Waals surface area contributed by atoms with Crippen molar-refractivity contribution in [2.24, 2.45) is 0 Å². The zero-order valence-corrected chi connectivity index (χ0v) is 20.4. The molecule has 0 amide bonds. The average Bonchev–Trinajstić information content (AvgIpc) is 3.34. The van der Waals surface area contributed by atoms with E-state index < -0.39 is 0 Å². The molecule has 0 spiro atoms. The molecule has 3 heterocycles. The molecule has 0 aliphatic rings. The highest BCUT2D eigenvalue weighted by Gasteiger charge is 2.17. The summed E-state index contributed by atoms with van der Waals surface area (Å²) in [6.45, 7) is 1.91. The topological polar surface area (TPSA) is 83.6 Å². The average molecular weight is 489 g/mol. The van der Waals surface area contributed by atoms with Gasteiger partial charge in [0.15, 0.2) is 5.65 Å². The largest absolute Gasteiger partial charge is 0.373 e. The minimum absolute atomic E-state index is 0.288. The van der Waals surface area contributed by atoms with Crippen molar-refractivity contribution in [2.75, 3.05) is 44.4 Å². The molecule has 5 rings (SSSR count). The SMILES string of the molecule is CN(C)CCN(C)c1ccc(Nc2ncc3c(=O)n(-c4ccccc4Cl)c4nccn4c3n2)cc1. The highest BCUT2D eigenvalue weighted by molar-refractivity contribution is 6.32. The van der Waals surface area contributed by atoms with Gasteiger partial charge in [-0.05, 0) is 50.5 Å². The Bertz CT molecular complexity index is 1560. The monoisotopic (exact) mass is 488 g/mol. The van der Waals surface area contributed by atoms with Gasteiger partial charge in [-0.2, -0.15) is 4.98 Å². The summed E-state index contributed by atoms with van der Waals surface area (Å²) in [5.41, 5.74) is 2.69. The summed E-state index contributed by atoms with van der Waals surface area (Å²) >= 11 is 6.38. The fraction of sp³-hybridized carbons (Fsp3) is 0.200. The van der Waals surface area contributed by atoms with Crippen molar-refractivity contribution in [3.8, 4) is 5.69 Å². The van der Waals surface area contributed by atoms with E-state index in [0.717, 1.165) is 24.5 Å². The van der Waals surface area contributed by atoms with Gasteiger partial charge in [0.2, 0.25) is 11.7 Å². The number of fused-ring (bicyclic) bond motifs is 3.